The molecule has 0 aromatic heterocycles. The molecule has 0 fully saturated rings. The molecule has 11 heavy (non-hydrogen) atoms. The van der Waals surface area contributed by atoms with E-state index in [1.165, 1.54) is 0 Å². The highest BCUT2D eigenvalue weighted by molar-refractivity contribution is 5.04. The summed E-state index contributed by atoms with van der Waals surface area (Å²) >= 11 is 0. The summed E-state index contributed by atoms with van der Waals surface area (Å²) < 4.78 is 5.20. The Morgan fingerprint density at radius 2 is 2.45 bits per heavy atom. The zero-order valence-electron chi connectivity index (χ0n) is 7.08. The van der Waals surface area contributed by atoms with E-state index in [9.17, 15) is 5.11 Å². The molecule has 0 saturated carbocycles. The predicted octanol–water partition coefficient (Wildman–Crippen LogP) is 0.213. The molecular formula is C8H15NO2. The largest absolute Gasteiger partial charge is 0.495 e. The molecule has 0 aromatic carbocycles. The highest BCUT2D eigenvalue weighted by atomic mass is 16.5. The minimum atomic E-state index is -0.451. The molecule has 3 heteroatoms. The molecule has 1 unspecified atom stereocenters. The lowest BCUT2D eigenvalue weighted by Crippen LogP contribution is -2.27. The van der Waals surface area contributed by atoms with E-state index in [0.29, 0.717) is 6.54 Å². The average Bonchev–Trinajstić information content (AvgIpc) is 2.35. The van der Waals surface area contributed by atoms with Crippen molar-refractivity contribution in [1.29, 1.82) is 0 Å². The van der Waals surface area contributed by atoms with Gasteiger partial charge in [-0.05, 0) is 20.2 Å². The first-order valence-electron chi connectivity index (χ1n) is 3.86. The van der Waals surface area contributed by atoms with Crippen LogP contribution in [-0.2, 0) is 4.74 Å². The average molecular weight is 157 g/mol. The third-order valence-electron chi connectivity index (χ3n) is 1.60. The van der Waals surface area contributed by atoms with Crippen molar-refractivity contribution in [3.63, 3.8) is 0 Å². The van der Waals surface area contributed by atoms with Crippen LogP contribution in [0.4, 0.5) is 0 Å². The van der Waals surface area contributed by atoms with Gasteiger partial charge in [-0.25, -0.2) is 0 Å². The van der Waals surface area contributed by atoms with E-state index in [1.54, 1.807) is 0 Å². The summed E-state index contributed by atoms with van der Waals surface area (Å²) in [6, 6.07) is 0. The second kappa shape index (κ2) is 3.74. The van der Waals surface area contributed by atoms with E-state index in [2.05, 4.69) is 0 Å². The van der Waals surface area contributed by atoms with Gasteiger partial charge in [0.1, 0.15) is 11.9 Å². The molecule has 0 aliphatic carbocycles. The second-order valence-corrected chi connectivity index (χ2v) is 3.02. The summed E-state index contributed by atoms with van der Waals surface area (Å²) in [5, 5.41) is 9.48. The Labute approximate surface area is 67.3 Å². The molecule has 1 heterocycles. The Morgan fingerprint density at radius 3 is 2.91 bits per heavy atom. The highest BCUT2D eigenvalue weighted by Gasteiger charge is 2.15. The van der Waals surface area contributed by atoms with Crippen LogP contribution in [0.25, 0.3) is 0 Å². The standard InChI is InChI=1S/C8H15NO2/c1-9(2)6-7(10)8-4-3-5-11-8/h4,7,10H,3,5-6H2,1-2H3. The van der Waals surface area contributed by atoms with Crippen molar-refractivity contribution < 1.29 is 9.84 Å². The van der Waals surface area contributed by atoms with Crippen LogP contribution < -0.4 is 0 Å². The fourth-order valence-corrected chi connectivity index (χ4v) is 1.10. The molecule has 1 N–H and O–H groups in total. The Bertz CT molecular complexity index is 154. The third-order valence-corrected chi connectivity index (χ3v) is 1.60. The van der Waals surface area contributed by atoms with Gasteiger partial charge >= 0.3 is 0 Å². The van der Waals surface area contributed by atoms with Gasteiger partial charge in [-0.3, -0.25) is 0 Å². The van der Waals surface area contributed by atoms with Crippen LogP contribution in [0, 0.1) is 0 Å². The van der Waals surface area contributed by atoms with Gasteiger partial charge in [0.25, 0.3) is 0 Å². The molecule has 1 aliphatic heterocycles. The minimum absolute atomic E-state index is 0.451. The second-order valence-electron chi connectivity index (χ2n) is 3.02. The van der Waals surface area contributed by atoms with Crippen LogP contribution in [0.3, 0.4) is 0 Å². The van der Waals surface area contributed by atoms with Gasteiger partial charge in [0.05, 0.1) is 6.61 Å². The van der Waals surface area contributed by atoms with Gasteiger partial charge in [0.15, 0.2) is 0 Å². The summed E-state index contributed by atoms with van der Waals surface area (Å²) in [6.45, 7) is 1.35. The van der Waals surface area contributed by atoms with Crippen molar-refractivity contribution in [3.05, 3.63) is 11.8 Å². The van der Waals surface area contributed by atoms with Gasteiger partial charge < -0.3 is 14.7 Å². The first kappa shape index (κ1) is 8.56. The molecular weight excluding hydrogens is 142 g/mol. The summed E-state index contributed by atoms with van der Waals surface area (Å²) in [5.41, 5.74) is 0. The molecule has 0 bridgehead atoms. The monoisotopic (exact) mass is 157 g/mol. The van der Waals surface area contributed by atoms with Crippen LogP contribution in [0.5, 0.6) is 0 Å². The summed E-state index contributed by atoms with van der Waals surface area (Å²) in [6.07, 6.45) is 2.43. The molecule has 3 nitrogen and oxygen atoms in total. The number of likely N-dealkylation sites (N-methyl/N-ethyl adjacent to an activating group) is 1. The molecule has 64 valence electrons. The molecule has 1 aliphatic rings. The SMILES string of the molecule is CN(C)CC(O)C1=CCCO1. The Kier molecular flexibility index (Phi) is 2.91. The lowest BCUT2D eigenvalue weighted by molar-refractivity contribution is 0.0966. The van der Waals surface area contributed by atoms with Crippen LogP contribution in [0.15, 0.2) is 11.8 Å². The Balaban J connectivity index is 2.34. The minimum Gasteiger partial charge on any atom is -0.495 e. The lowest BCUT2D eigenvalue weighted by atomic mass is 10.2. The van der Waals surface area contributed by atoms with E-state index < -0.39 is 6.10 Å². The zero-order chi connectivity index (χ0) is 8.27. The van der Waals surface area contributed by atoms with Crippen LogP contribution in [0.2, 0.25) is 0 Å². The van der Waals surface area contributed by atoms with Crippen molar-refractivity contribution in [3.8, 4) is 0 Å². The number of ether oxygens (including phenoxy) is 1. The van der Waals surface area contributed by atoms with Crippen molar-refractivity contribution in [1.82, 2.24) is 4.90 Å². The summed E-state index contributed by atoms with van der Waals surface area (Å²) in [5.74, 6) is 0.735. The van der Waals surface area contributed by atoms with Gasteiger partial charge in [-0.2, -0.15) is 0 Å². The maximum Gasteiger partial charge on any atom is 0.123 e. The van der Waals surface area contributed by atoms with Gasteiger partial charge in [0.2, 0.25) is 0 Å². The molecule has 0 radical (unpaired) electrons. The van der Waals surface area contributed by atoms with Crippen molar-refractivity contribution >= 4 is 0 Å². The summed E-state index contributed by atoms with van der Waals surface area (Å²) in [4.78, 5) is 1.94. The first-order valence-corrected chi connectivity index (χ1v) is 3.86. The van der Waals surface area contributed by atoms with Crippen molar-refractivity contribution in [2.45, 2.75) is 12.5 Å². The topological polar surface area (TPSA) is 32.7 Å². The zero-order valence-corrected chi connectivity index (χ0v) is 7.08. The number of aliphatic hydroxyl groups excluding tert-OH is 1. The van der Waals surface area contributed by atoms with E-state index in [0.717, 1.165) is 18.8 Å². The molecule has 0 amide bonds. The molecule has 0 aromatic rings. The lowest BCUT2D eigenvalue weighted by Gasteiger charge is -2.16. The third kappa shape index (κ3) is 2.52. The predicted molar refractivity (Wildman–Crippen MR) is 43.2 cm³/mol. The van der Waals surface area contributed by atoms with Crippen LogP contribution in [-0.4, -0.2) is 43.4 Å². The van der Waals surface area contributed by atoms with Crippen LogP contribution >= 0.6 is 0 Å². The maximum atomic E-state index is 9.48. The van der Waals surface area contributed by atoms with E-state index in [4.69, 9.17) is 4.74 Å². The Morgan fingerprint density at radius 1 is 1.73 bits per heavy atom. The molecule has 0 saturated heterocycles. The van der Waals surface area contributed by atoms with Crippen molar-refractivity contribution in [2.75, 3.05) is 27.2 Å². The smallest absolute Gasteiger partial charge is 0.123 e. The van der Waals surface area contributed by atoms with E-state index >= 15 is 0 Å². The quantitative estimate of drug-likeness (QED) is 0.636. The number of hydrogen-bond acceptors (Lipinski definition) is 3. The highest BCUT2D eigenvalue weighted by Crippen LogP contribution is 2.13. The fourth-order valence-electron chi connectivity index (χ4n) is 1.10. The molecule has 1 atom stereocenters. The van der Waals surface area contributed by atoms with E-state index in [1.807, 2.05) is 25.1 Å². The Hall–Kier alpha value is -0.540. The number of hydrogen-bond donors (Lipinski definition) is 1. The molecule has 0 spiro atoms. The van der Waals surface area contributed by atoms with E-state index in [-0.39, 0.29) is 0 Å². The van der Waals surface area contributed by atoms with Gasteiger partial charge in [0, 0.05) is 13.0 Å². The normalized spacial score (nSPS) is 19.8. The van der Waals surface area contributed by atoms with Gasteiger partial charge in [-0.15, -0.1) is 0 Å². The number of aliphatic hydroxyl groups is 1. The van der Waals surface area contributed by atoms with Crippen LogP contribution in [0.1, 0.15) is 6.42 Å². The van der Waals surface area contributed by atoms with Crippen molar-refractivity contribution in [2.24, 2.45) is 0 Å². The first-order chi connectivity index (χ1) is 5.20. The number of rotatable bonds is 3. The van der Waals surface area contributed by atoms with Gasteiger partial charge in [-0.1, -0.05) is 0 Å². The number of nitrogens with zero attached hydrogens (tertiary/aromatic N) is 1. The fraction of sp³-hybridized carbons (Fsp3) is 0.750. The molecule has 1 rings (SSSR count). The maximum absolute atomic E-state index is 9.48. The summed E-state index contributed by atoms with van der Waals surface area (Å²) in [7, 11) is 3.86.